The molecular weight excluding hydrogens is 364 g/mol. The first kappa shape index (κ1) is 17.2. The SMILES string of the molecule is CC(Sc1n[nH]c(=O)n1Cc1ccccc1)c1nc(-c2cccnc2)no1. The van der Waals surface area contributed by atoms with E-state index >= 15 is 0 Å². The van der Waals surface area contributed by atoms with Gasteiger partial charge in [-0.2, -0.15) is 4.98 Å². The number of hydrogen-bond donors (Lipinski definition) is 1. The third-order valence-electron chi connectivity index (χ3n) is 3.90. The standard InChI is InChI=1S/C18H16N6O2S/c1-12(16-20-15(23-26-16)14-8-5-9-19-10-14)27-18-22-21-17(25)24(18)11-13-6-3-2-4-7-13/h2-10,12H,11H2,1H3,(H,21,25). The first-order chi connectivity index (χ1) is 13.2. The van der Waals surface area contributed by atoms with Crippen molar-refractivity contribution in [3.05, 3.63) is 76.8 Å². The minimum Gasteiger partial charge on any atom is -0.338 e. The molecule has 3 heterocycles. The van der Waals surface area contributed by atoms with Gasteiger partial charge in [0, 0.05) is 18.0 Å². The molecule has 8 nitrogen and oxygen atoms in total. The van der Waals surface area contributed by atoms with E-state index in [2.05, 4.69) is 25.3 Å². The van der Waals surface area contributed by atoms with Crippen molar-refractivity contribution in [3.8, 4) is 11.4 Å². The Kier molecular flexibility index (Phi) is 4.84. The number of pyridine rings is 1. The third-order valence-corrected chi connectivity index (χ3v) is 4.98. The first-order valence-electron chi connectivity index (χ1n) is 8.30. The molecule has 4 aromatic rings. The summed E-state index contributed by atoms with van der Waals surface area (Å²) in [5, 5.41) is 11.0. The molecule has 0 aliphatic rings. The van der Waals surface area contributed by atoms with Gasteiger partial charge in [0.2, 0.25) is 11.7 Å². The highest BCUT2D eigenvalue weighted by Crippen LogP contribution is 2.33. The number of benzene rings is 1. The number of aromatic nitrogens is 6. The third kappa shape index (κ3) is 3.82. The van der Waals surface area contributed by atoms with Gasteiger partial charge in [0.25, 0.3) is 0 Å². The number of rotatable bonds is 6. The molecule has 4 rings (SSSR count). The van der Waals surface area contributed by atoms with E-state index in [0.717, 1.165) is 11.1 Å². The van der Waals surface area contributed by atoms with Crippen molar-refractivity contribution in [1.29, 1.82) is 0 Å². The molecule has 136 valence electrons. The topological polar surface area (TPSA) is 102 Å². The van der Waals surface area contributed by atoms with Crippen molar-refractivity contribution in [1.82, 2.24) is 29.9 Å². The Bertz CT molecular complexity index is 1070. The van der Waals surface area contributed by atoms with Crippen molar-refractivity contribution < 1.29 is 4.52 Å². The van der Waals surface area contributed by atoms with Gasteiger partial charge in [-0.1, -0.05) is 47.3 Å². The van der Waals surface area contributed by atoms with Gasteiger partial charge in [-0.25, -0.2) is 9.89 Å². The monoisotopic (exact) mass is 380 g/mol. The largest absolute Gasteiger partial charge is 0.344 e. The first-order valence-corrected chi connectivity index (χ1v) is 9.18. The molecule has 0 saturated heterocycles. The molecule has 1 aromatic carbocycles. The number of hydrogen-bond acceptors (Lipinski definition) is 7. The molecule has 0 fully saturated rings. The van der Waals surface area contributed by atoms with Crippen LogP contribution in [0, 0.1) is 0 Å². The molecule has 1 N–H and O–H groups in total. The minimum atomic E-state index is -0.255. The van der Waals surface area contributed by atoms with Crippen LogP contribution < -0.4 is 5.69 Å². The number of thioether (sulfide) groups is 1. The second-order valence-electron chi connectivity index (χ2n) is 5.84. The minimum absolute atomic E-state index is 0.173. The molecule has 27 heavy (non-hydrogen) atoms. The van der Waals surface area contributed by atoms with Gasteiger partial charge in [-0.05, 0) is 24.6 Å². The summed E-state index contributed by atoms with van der Waals surface area (Å²) in [7, 11) is 0. The summed E-state index contributed by atoms with van der Waals surface area (Å²) in [6.45, 7) is 2.37. The van der Waals surface area contributed by atoms with Crippen molar-refractivity contribution >= 4 is 11.8 Å². The molecule has 0 bridgehead atoms. The Balaban J connectivity index is 1.53. The number of nitrogens with one attached hydrogen (secondary N) is 1. The smallest absolute Gasteiger partial charge is 0.338 e. The van der Waals surface area contributed by atoms with Crippen LogP contribution >= 0.6 is 11.8 Å². The summed E-state index contributed by atoms with van der Waals surface area (Å²) < 4.78 is 6.98. The number of aromatic amines is 1. The van der Waals surface area contributed by atoms with Crippen molar-refractivity contribution in [3.63, 3.8) is 0 Å². The van der Waals surface area contributed by atoms with Gasteiger partial charge in [0.1, 0.15) is 0 Å². The fourth-order valence-electron chi connectivity index (χ4n) is 2.52. The highest BCUT2D eigenvalue weighted by atomic mass is 32.2. The molecule has 0 radical (unpaired) electrons. The van der Waals surface area contributed by atoms with Gasteiger partial charge in [-0.15, -0.1) is 5.10 Å². The Morgan fingerprint density at radius 2 is 2.07 bits per heavy atom. The van der Waals surface area contributed by atoms with Crippen LogP contribution in [0.5, 0.6) is 0 Å². The van der Waals surface area contributed by atoms with Gasteiger partial charge in [0.15, 0.2) is 5.16 Å². The summed E-state index contributed by atoms with van der Waals surface area (Å²) in [5.41, 5.74) is 1.55. The van der Waals surface area contributed by atoms with Crippen LogP contribution in [0.4, 0.5) is 0 Å². The van der Waals surface area contributed by atoms with Crippen LogP contribution in [0.1, 0.15) is 23.6 Å². The van der Waals surface area contributed by atoms with Crippen molar-refractivity contribution in [2.45, 2.75) is 23.9 Å². The quantitative estimate of drug-likeness (QED) is 0.513. The van der Waals surface area contributed by atoms with Crippen LogP contribution in [0.15, 0.2) is 69.3 Å². The summed E-state index contributed by atoms with van der Waals surface area (Å²) >= 11 is 1.38. The summed E-state index contributed by atoms with van der Waals surface area (Å²) in [6, 6.07) is 13.4. The van der Waals surface area contributed by atoms with Crippen LogP contribution in [0.25, 0.3) is 11.4 Å². The fraction of sp³-hybridized carbons (Fsp3) is 0.167. The van der Waals surface area contributed by atoms with Crippen molar-refractivity contribution in [2.75, 3.05) is 0 Å². The highest BCUT2D eigenvalue weighted by Gasteiger charge is 2.20. The molecule has 0 aliphatic heterocycles. The lowest BCUT2D eigenvalue weighted by atomic mass is 10.2. The molecule has 1 unspecified atom stereocenters. The van der Waals surface area contributed by atoms with E-state index in [-0.39, 0.29) is 10.9 Å². The van der Waals surface area contributed by atoms with Gasteiger partial charge >= 0.3 is 5.69 Å². The van der Waals surface area contributed by atoms with E-state index in [0.29, 0.717) is 23.4 Å². The predicted molar refractivity (Wildman–Crippen MR) is 100 cm³/mol. The van der Waals surface area contributed by atoms with E-state index in [4.69, 9.17) is 4.52 Å². The molecule has 9 heteroatoms. The second kappa shape index (κ2) is 7.58. The van der Waals surface area contributed by atoms with Gasteiger partial charge < -0.3 is 4.52 Å². The lowest BCUT2D eigenvalue weighted by Gasteiger charge is -2.08. The Morgan fingerprint density at radius 1 is 1.22 bits per heavy atom. The van der Waals surface area contributed by atoms with Gasteiger partial charge in [-0.3, -0.25) is 9.55 Å². The van der Waals surface area contributed by atoms with E-state index in [1.807, 2.05) is 49.4 Å². The molecule has 0 spiro atoms. The summed E-state index contributed by atoms with van der Waals surface area (Å²) in [6.07, 6.45) is 3.37. The normalized spacial score (nSPS) is 12.2. The number of H-pyrrole nitrogens is 1. The van der Waals surface area contributed by atoms with E-state index in [1.54, 1.807) is 17.0 Å². The summed E-state index contributed by atoms with van der Waals surface area (Å²) in [4.78, 5) is 20.6. The number of nitrogens with zero attached hydrogens (tertiary/aromatic N) is 5. The maximum atomic E-state index is 12.1. The highest BCUT2D eigenvalue weighted by molar-refractivity contribution is 7.99. The zero-order valence-corrected chi connectivity index (χ0v) is 15.3. The Labute approximate surface area is 158 Å². The average molecular weight is 380 g/mol. The van der Waals surface area contributed by atoms with Crippen molar-refractivity contribution in [2.24, 2.45) is 0 Å². The molecule has 0 aliphatic carbocycles. The maximum Gasteiger partial charge on any atom is 0.344 e. The Morgan fingerprint density at radius 3 is 2.85 bits per heavy atom. The second-order valence-corrected chi connectivity index (χ2v) is 7.15. The van der Waals surface area contributed by atoms with E-state index in [1.165, 1.54) is 11.8 Å². The van der Waals surface area contributed by atoms with Crippen LogP contribution in [0.3, 0.4) is 0 Å². The zero-order chi connectivity index (χ0) is 18.6. The van der Waals surface area contributed by atoms with E-state index in [9.17, 15) is 4.79 Å². The molecule has 0 saturated carbocycles. The lowest BCUT2D eigenvalue weighted by molar-refractivity contribution is 0.380. The zero-order valence-electron chi connectivity index (χ0n) is 14.4. The maximum absolute atomic E-state index is 12.1. The summed E-state index contributed by atoms with van der Waals surface area (Å²) in [5.74, 6) is 0.940. The Hall–Kier alpha value is -3.20. The molecular formula is C18H16N6O2S. The van der Waals surface area contributed by atoms with Gasteiger partial charge in [0.05, 0.1) is 11.8 Å². The van der Waals surface area contributed by atoms with Crippen LogP contribution in [-0.4, -0.2) is 29.9 Å². The average Bonchev–Trinajstić information content (AvgIpc) is 3.32. The lowest BCUT2D eigenvalue weighted by Crippen LogP contribution is -2.18. The van der Waals surface area contributed by atoms with E-state index < -0.39 is 0 Å². The van der Waals surface area contributed by atoms with Crippen LogP contribution in [0.2, 0.25) is 0 Å². The molecule has 3 aromatic heterocycles. The predicted octanol–water partition coefficient (Wildman–Crippen LogP) is 2.92. The molecule has 1 atom stereocenters. The molecule has 0 amide bonds. The fourth-order valence-corrected chi connectivity index (χ4v) is 3.41. The van der Waals surface area contributed by atoms with Crippen LogP contribution in [-0.2, 0) is 6.54 Å².